The molecule has 3 aromatic carbocycles. The van der Waals surface area contributed by atoms with E-state index in [1.807, 2.05) is 18.7 Å². The molecule has 3 heterocycles. The molecule has 9 N–H and O–H groups in total. The number of phenolic OH excluding ortho intramolecular Hbond substituents is 2. The second kappa shape index (κ2) is 27.1. The fraction of sp³-hybridized carbons (Fsp3) is 0.567. The van der Waals surface area contributed by atoms with Crippen molar-refractivity contribution in [2.75, 3.05) is 45.2 Å². The molecule has 0 saturated carbocycles. The van der Waals surface area contributed by atoms with E-state index in [0.29, 0.717) is 56.6 Å². The molecule has 3 aliphatic heterocycles. The molecule has 23 nitrogen and oxygen atoms in total. The number of rotatable bonds is 24. The highest BCUT2D eigenvalue weighted by molar-refractivity contribution is 6.31. The van der Waals surface area contributed by atoms with Crippen LogP contribution < -0.4 is 26.0 Å². The van der Waals surface area contributed by atoms with Gasteiger partial charge in [0.2, 0.25) is 29.4 Å². The summed E-state index contributed by atoms with van der Waals surface area (Å²) < 4.78 is 23.5. The number of carbonyl (C=O) groups is 8. The van der Waals surface area contributed by atoms with Crippen LogP contribution in [0.3, 0.4) is 0 Å². The number of methoxy groups -OCH3 is 1. The maximum absolute atomic E-state index is 14.1. The van der Waals surface area contributed by atoms with Gasteiger partial charge in [0.1, 0.15) is 48.1 Å². The smallest absolute Gasteiger partial charge is 0.410 e. The third-order valence-electron chi connectivity index (χ3n) is 16.6. The van der Waals surface area contributed by atoms with Crippen molar-refractivity contribution in [2.45, 2.75) is 172 Å². The van der Waals surface area contributed by atoms with Gasteiger partial charge in [0.15, 0.2) is 17.9 Å². The lowest BCUT2D eigenvalue weighted by Gasteiger charge is -2.43. The molecule has 0 bridgehead atoms. The summed E-state index contributed by atoms with van der Waals surface area (Å²) in [6, 6.07) is 8.61. The van der Waals surface area contributed by atoms with E-state index in [1.54, 1.807) is 43.0 Å². The number of Topliss-reactive ketones (excluding diaryl/α,β-unsaturated/α-hetero) is 1. The quantitative estimate of drug-likeness (QED) is 0.0354. The molecule has 3 saturated heterocycles. The van der Waals surface area contributed by atoms with Gasteiger partial charge in [0, 0.05) is 86.2 Å². The Morgan fingerprint density at radius 3 is 2.33 bits per heavy atom. The Morgan fingerprint density at radius 2 is 1.63 bits per heavy atom. The van der Waals surface area contributed by atoms with E-state index >= 15 is 0 Å². The zero-order valence-electron chi connectivity index (χ0n) is 47.7. The maximum Gasteiger partial charge on any atom is 0.410 e. The average molecular weight is 1160 g/mol. The first-order valence-electron chi connectivity index (χ1n) is 28.8. The number of unbranched alkanes of at least 4 members (excludes halogenated alkanes) is 2. The molecule has 5 amide bonds. The van der Waals surface area contributed by atoms with E-state index in [-0.39, 0.29) is 71.2 Å². The molecule has 0 radical (unpaired) electrons. The number of ether oxygens (including phenoxy) is 4. The minimum Gasteiger partial charge on any atom is -0.507 e. The predicted molar refractivity (Wildman–Crippen MR) is 298 cm³/mol. The predicted octanol–water partition coefficient (Wildman–Crippen LogP) is 3.98. The van der Waals surface area contributed by atoms with Gasteiger partial charge in [-0.2, -0.15) is 0 Å². The van der Waals surface area contributed by atoms with Gasteiger partial charge in [-0.1, -0.05) is 44.5 Å². The number of ketones is 3. The van der Waals surface area contributed by atoms with E-state index in [4.69, 9.17) is 18.9 Å². The normalized spacial score (nSPS) is 23.7. The summed E-state index contributed by atoms with van der Waals surface area (Å²) in [5.41, 5.74) is -2.79. The number of hydrogen-bond acceptors (Lipinski definition) is 18. The highest BCUT2D eigenvalue weighted by Crippen LogP contribution is 2.52. The molecule has 3 aromatic rings. The van der Waals surface area contributed by atoms with Crippen molar-refractivity contribution in [3.05, 3.63) is 81.4 Å². The van der Waals surface area contributed by atoms with Gasteiger partial charge in [0.05, 0.1) is 42.1 Å². The van der Waals surface area contributed by atoms with Crippen molar-refractivity contribution in [3.63, 3.8) is 0 Å². The summed E-state index contributed by atoms with van der Waals surface area (Å²) in [7, 11) is 1.32. The lowest BCUT2D eigenvalue weighted by Crippen LogP contribution is -2.54. The summed E-state index contributed by atoms with van der Waals surface area (Å²) in [5.74, 6) is -5.24. The minimum atomic E-state index is -2.33. The van der Waals surface area contributed by atoms with Crippen molar-refractivity contribution in [1.29, 1.82) is 0 Å². The number of amides is 5. The van der Waals surface area contributed by atoms with Gasteiger partial charge in [-0.05, 0) is 95.0 Å². The molecule has 8 rings (SSSR count). The lowest BCUT2D eigenvalue weighted by atomic mass is 9.72. The Bertz CT molecular complexity index is 2930. The number of hydrogen-bond donors (Lipinski definition) is 9. The van der Waals surface area contributed by atoms with Gasteiger partial charge in [0.25, 0.3) is 0 Å². The number of likely N-dealkylation sites (tertiary alicyclic amines) is 2. The zero-order valence-corrected chi connectivity index (χ0v) is 47.7. The number of aliphatic hydroxyl groups is 3. The fourth-order valence-electron chi connectivity index (χ4n) is 11.9. The van der Waals surface area contributed by atoms with Gasteiger partial charge < -0.3 is 75.5 Å². The van der Waals surface area contributed by atoms with Crippen molar-refractivity contribution < 1.29 is 82.8 Å². The fourth-order valence-corrected chi connectivity index (χ4v) is 11.9. The number of fused-ring (bicyclic) bond motifs is 3. The first-order chi connectivity index (χ1) is 39.6. The van der Waals surface area contributed by atoms with Crippen LogP contribution in [0.2, 0.25) is 0 Å². The van der Waals surface area contributed by atoms with Crippen LogP contribution in [0.25, 0.3) is 0 Å². The van der Waals surface area contributed by atoms with Crippen molar-refractivity contribution >= 4 is 52.8 Å². The summed E-state index contributed by atoms with van der Waals surface area (Å²) in [6.07, 6.45) is 0.708. The third kappa shape index (κ3) is 14.0. The third-order valence-corrected chi connectivity index (χ3v) is 16.6. The molecule has 9 atom stereocenters. The van der Waals surface area contributed by atoms with Crippen LogP contribution in [0.15, 0.2) is 42.5 Å². The topological polar surface area (TPSA) is 329 Å². The number of nitrogens with one attached hydrogen (secondary N) is 4. The van der Waals surface area contributed by atoms with E-state index in [2.05, 4.69) is 21.3 Å². The van der Waals surface area contributed by atoms with Gasteiger partial charge >= 0.3 is 6.09 Å². The van der Waals surface area contributed by atoms with Crippen LogP contribution in [0, 0.1) is 5.92 Å². The first kappa shape index (κ1) is 62.0. The Hall–Kier alpha value is -7.02. The van der Waals surface area contributed by atoms with Crippen molar-refractivity contribution in [3.8, 4) is 17.2 Å². The molecule has 2 aliphatic carbocycles. The number of anilines is 1. The second-order valence-corrected chi connectivity index (χ2v) is 22.7. The van der Waals surface area contributed by atoms with Crippen LogP contribution in [-0.4, -0.2) is 171 Å². The summed E-state index contributed by atoms with van der Waals surface area (Å²) in [5, 5.41) is 68.2. The van der Waals surface area contributed by atoms with Crippen molar-refractivity contribution in [2.24, 2.45) is 5.92 Å². The Kier molecular flexibility index (Phi) is 20.3. The average Bonchev–Trinajstić information content (AvgIpc) is 4.26. The molecule has 3 fully saturated rings. The van der Waals surface area contributed by atoms with Gasteiger partial charge in [-0.3, -0.25) is 33.6 Å². The molecule has 450 valence electrons. The number of carbonyl (C=O) groups excluding carboxylic acids is 8. The molecule has 5 unspecified atom stereocenters. The molecule has 0 spiro atoms. The molecular formula is C60H78N6O17. The Labute approximate surface area is 481 Å². The number of aromatic hydroxyl groups is 2. The molecule has 23 heteroatoms. The van der Waals surface area contributed by atoms with Crippen LogP contribution in [0.4, 0.5) is 10.5 Å². The van der Waals surface area contributed by atoms with E-state index in [9.17, 15) is 63.9 Å². The van der Waals surface area contributed by atoms with Crippen LogP contribution in [-0.2, 0) is 51.2 Å². The largest absolute Gasteiger partial charge is 0.507 e. The van der Waals surface area contributed by atoms with Gasteiger partial charge in [-0.15, -0.1) is 0 Å². The Balaban J connectivity index is 0.794. The van der Waals surface area contributed by atoms with Crippen LogP contribution in [0.1, 0.15) is 159 Å². The highest BCUT2D eigenvalue weighted by Gasteiger charge is 2.50. The second-order valence-electron chi connectivity index (χ2n) is 22.7. The SMILES string of the molecule is COc1cccc2c1C(=O)c1c(O)c3c(c(O)c1C2=O)C[C@@](O)(C(=O)CO)C[C@@H]3OC1CC(NCCCC2CCCN2C(=O)OCc2ccc(NC(=O)[C@@H](C)NC(=O)[C@H](NC(=O)CCCCCN3CCCC3=O)C(C)C)cc2)C(O)C(C)O1. The number of benzene rings is 3. The number of aliphatic hydroxyl groups excluding tert-OH is 2. The monoisotopic (exact) mass is 1150 g/mol. The highest BCUT2D eigenvalue weighted by atomic mass is 16.7. The van der Waals surface area contributed by atoms with E-state index in [1.165, 1.54) is 25.3 Å². The van der Waals surface area contributed by atoms with Crippen molar-refractivity contribution in [1.82, 2.24) is 25.8 Å². The molecular weight excluding hydrogens is 1080 g/mol. The maximum atomic E-state index is 14.1. The number of nitrogens with zero attached hydrogens (tertiary/aromatic N) is 2. The summed E-state index contributed by atoms with van der Waals surface area (Å²) >= 11 is 0. The van der Waals surface area contributed by atoms with E-state index in [0.717, 1.165) is 38.6 Å². The van der Waals surface area contributed by atoms with Crippen LogP contribution >= 0.6 is 0 Å². The standard InChI is InChI=1S/C60H78N6O17/c1-32(2)51(64-44(69)17-7-6-8-24-65-25-12-18-45(65)70)58(77)62-33(3)57(76)63-36-21-19-35(20-22-36)31-81-59(78)66-26-11-14-37(66)13-10-23-61-40-27-46(82-34(4)52(40)71)83-42-29-60(79,43(68)30-67)28-39-48(42)56(75)50-49(54(39)73)53(72)38-15-9-16-41(80-5)47(38)55(50)74/h9,15-16,19-22,32-34,37,40,42,46,51-52,61,67,71,73,75,79H,6-8,10-14,17-18,23-31H2,1-5H3,(H,62,77)(H,63,76)(H,64,69)/t33-,34?,37?,40?,42+,46?,51-,52?,60+/m1/s1. The van der Waals surface area contributed by atoms with Crippen LogP contribution in [0.5, 0.6) is 17.2 Å². The molecule has 83 heavy (non-hydrogen) atoms. The summed E-state index contributed by atoms with van der Waals surface area (Å²) in [6.45, 7) is 8.10. The Morgan fingerprint density at radius 1 is 0.880 bits per heavy atom. The molecule has 0 aromatic heterocycles. The zero-order chi connectivity index (χ0) is 59.9. The summed E-state index contributed by atoms with van der Waals surface area (Å²) in [4.78, 5) is 109. The first-order valence-corrected chi connectivity index (χ1v) is 28.8. The van der Waals surface area contributed by atoms with Gasteiger partial charge in [-0.25, -0.2) is 4.79 Å². The molecule has 5 aliphatic rings. The minimum absolute atomic E-state index is 0.0245. The van der Waals surface area contributed by atoms with E-state index < -0.39 is 126 Å². The number of phenols is 2. The lowest BCUT2D eigenvalue weighted by molar-refractivity contribution is -0.249.